The molecule has 4 heteroatoms. The van der Waals surface area contributed by atoms with Crippen LogP contribution in [0.25, 0.3) is 0 Å². The van der Waals surface area contributed by atoms with E-state index >= 15 is 0 Å². The van der Waals surface area contributed by atoms with Gasteiger partial charge >= 0.3 is 0 Å². The smallest absolute Gasteiger partial charge is 0.141 e. The Morgan fingerprint density at radius 1 is 1.60 bits per heavy atom. The normalized spacial score (nSPS) is 14.6. The number of ether oxygens (including phenoxy) is 1. The first-order valence-electron chi connectivity index (χ1n) is 4.99. The lowest BCUT2D eigenvalue weighted by molar-refractivity contribution is 0.123. The molecule has 0 aromatic heterocycles. The Kier molecular flexibility index (Phi) is 3.14. The summed E-state index contributed by atoms with van der Waals surface area (Å²) in [7, 11) is 0. The molecule has 0 saturated carbocycles. The fourth-order valence-electron chi connectivity index (χ4n) is 1.95. The van der Waals surface area contributed by atoms with E-state index in [2.05, 4.69) is 11.8 Å². The largest absolute Gasteiger partial charge is 0.492 e. The van der Waals surface area contributed by atoms with Crippen LogP contribution in [-0.4, -0.2) is 6.61 Å². The Hall–Kier alpha value is -0.770. The third-order valence-electron chi connectivity index (χ3n) is 2.78. The summed E-state index contributed by atoms with van der Waals surface area (Å²) < 4.78 is 5.56. The number of halogens is 1. The standard InChI is InChI=1S/C11H14ClNO2/c1-7-8(6-15-13)5-10(12)11-9(7)3-2-4-14-11/h5H,2-4,6,13H2,1H3. The summed E-state index contributed by atoms with van der Waals surface area (Å²) in [6.07, 6.45) is 2.05. The van der Waals surface area contributed by atoms with Gasteiger partial charge in [-0.15, -0.1) is 0 Å². The van der Waals surface area contributed by atoms with E-state index in [4.69, 9.17) is 22.2 Å². The zero-order chi connectivity index (χ0) is 10.8. The molecule has 1 aliphatic rings. The van der Waals surface area contributed by atoms with E-state index in [-0.39, 0.29) is 0 Å². The average Bonchev–Trinajstić information content (AvgIpc) is 2.26. The Morgan fingerprint density at radius 3 is 3.13 bits per heavy atom. The van der Waals surface area contributed by atoms with Gasteiger partial charge < -0.3 is 4.74 Å². The van der Waals surface area contributed by atoms with Crippen LogP contribution in [0.5, 0.6) is 5.75 Å². The molecule has 15 heavy (non-hydrogen) atoms. The van der Waals surface area contributed by atoms with Gasteiger partial charge in [-0.2, -0.15) is 0 Å². The monoisotopic (exact) mass is 227 g/mol. The van der Waals surface area contributed by atoms with E-state index < -0.39 is 0 Å². The van der Waals surface area contributed by atoms with Crippen molar-refractivity contribution in [2.45, 2.75) is 26.4 Å². The maximum atomic E-state index is 6.13. The highest BCUT2D eigenvalue weighted by Gasteiger charge is 2.18. The topological polar surface area (TPSA) is 44.5 Å². The predicted molar refractivity (Wildman–Crippen MR) is 59.0 cm³/mol. The fraction of sp³-hybridized carbons (Fsp3) is 0.455. The van der Waals surface area contributed by atoms with Crippen LogP contribution >= 0.6 is 11.6 Å². The predicted octanol–water partition coefficient (Wildman–Crippen LogP) is 2.36. The van der Waals surface area contributed by atoms with Crippen LogP contribution in [0.15, 0.2) is 6.07 Å². The maximum Gasteiger partial charge on any atom is 0.141 e. The number of hydrogen-bond acceptors (Lipinski definition) is 3. The summed E-state index contributed by atoms with van der Waals surface area (Å²) in [4.78, 5) is 4.66. The van der Waals surface area contributed by atoms with Crippen molar-refractivity contribution in [2.75, 3.05) is 6.61 Å². The Labute approximate surface area is 94.1 Å². The minimum absolute atomic E-state index is 0.388. The molecular formula is C11H14ClNO2. The summed E-state index contributed by atoms with van der Waals surface area (Å²) in [5.41, 5.74) is 3.41. The molecule has 0 radical (unpaired) electrons. The van der Waals surface area contributed by atoms with E-state index in [9.17, 15) is 0 Å². The van der Waals surface area contributed by atoms with Crippen molar-refractivity contribution in [1.29, 1.82) is 0 Å². The van der Waals surface area contributed by atoms with Crippen LogP contribution < -0.4 is 10.6 Å². The molecule has 2 N–H and O–H groups in total. The van der Waals surface area contributed by atoms with Gasteiger partial charge in [0.15, 0.2) is 0 Å². The fourth-order valence-corrected chi connectivity index (χ4v) is 2.26. The van der Waals surface area contributed by atoms with Crippen LogP contribution in [0.4, 0.5) is 0 Å². The number of fused-ring (bicyclic) bond motifs is 1. The zero-order valence-corrected chi connectivity index (χ0v) is 9.43. The van der Waals surface area contributed by atoms with Gasteiger partial charge in [-0.1, -0.05) is 11.6 Å². The van der Waals surface area contributed by atoms with Crippen molar-refractivity contribution in [1.82, 2.24) is 0 Å². The van der Waals surface area contributed by atoms with Gasteiger partial charge in [0.05, 0.1) is 18.2 Å². The molecule has 1 aromatic rings. The van der Waals surface area contributed by atoms with Crippen molar-refractivity contribution in [3.63, 3.8) is 0 Å². The third-order valence-corrected chi connectivity index (χ3v) is 3.06. The van der Waals surface area contributed by atoms with Crippen LogP contribution in [-0.2, 0) is 17.9 Å². The van der Waals surface area contributed by atoms with Crippen molar-refractivity contribution in [3.8, 4) is 5.75 Å². The molecule has 0 spiro atoms. The Morgan fingerprint density at radius 2 is 2.40 bits per heavy atom. The minimum Gasteiger partial charge on any atom is -0.492 e. The second-order valence-corrected chi connectivity index (χ2v) is 4.12. The molecule has 0 atom stereocenters. The molecule has 1 aliphatic heterocycles. The number of nitrogens with two attached hydrogens (primary N) is 1. The lowest BCUT2D eigenvalue weighted by Crippen LogP contribution is -2.12. The first kappa shape index (κ1) is 10.7. The van der Waals surface area contributed by atoms with Gasteiger partial charge in [-0.05, 0) is 42.5 Å². The summed E-state index contributed by atoms with van der Waals surface area (Å²) in [5, 5.41) is 0.655. The average molecular weight is 228 g/mol. The lowest BCUT2D eigenvalue weighted by Gasteiger charge is -2.22. The number of rotatable bonds is 2. The second-order valence-electron chi connectivity index (χ2n) is 3.71. The molecule has 82 valence electrons. The Bertz CT molecular complexity index is 379. The molecular weight excluding hydrogens is 214 g/mol. The van der Waals surface area contributed by atoms with Crippen LogP contribution in [0.3, 0.4) is 0 Å². The summed E-state index contributed by atoms with van der Waals surface area (Å²) >= 11 is 6.13. The Balaban J connectivity index is 2.49. The number of hydrogen-bond donors (Lipinski definition) is 1. The third kappa shape index (κ3) is 1.95. The van der Waals surface area contributed by atoms with Crippen LogP contribution in [0.1, 0.15) is 23.1 Å². The van der Waals surface area contributed by atoms with Crippen LogP contribution in [0, 0.1) is 6.92 Å². The quantitative estimate of drug-likeness (QED) is 0.789. The molecule has 0 fully saturated rings. The minimum atomic E-state index is 0.388. The molecule has 1 heterocycles. The van der Waals surface area contributed by atoms with Gasteiger partial charge in [0.1, 0.15) is 5.75 Å². The zero-order valence-electron chi connectivity index (χ0n) is 8.68. The SMILES string of the molecule is Cc1c(CON)cc(Cl)c2c1CCCO2. The molecule has 0 aliphatic carbocycles. The maximum absolute atomic E-state index is 6.13. The van der Waals surface area contributed by atoms with Crippen LogP contribution in [0.2, 0.25) is 5.02 Å². The molecule has 2 rings (SSSR count). The highest BCUT2D eigenvalue weighted by Crippen LogP contribution is 2.36. The van der Waals surface area contributed by atoms with E-state index in [1.165, 1.54) is 11.1 Å². The van der Waals surface area contributed by atoms with Gasteiger partial charge in [-0.3, -0.25) is 4.84 Å². The van der Waals surface area contributed by atoms with Crippen molar-refractivity contribution >= 4 is 11.6 Å². The molecule has 0 amide bonds. The molecule has 1 aromatic carbocycles. The summed E-state index contributed by atoms with van der Waals surface area (Å²) in [6.45, 7) is 3.19. The molecule has 0 unspecified atom stereocenters. The summed E-state index contributed by atoms with van der Waals surface area (Å²) in [5.74, 6) is 5.92. The molecule has 0 bridgehead atoms. The molecule has 3 nitrogen and oxygen atoms in total. The first-order valence-corrected chi connectivity index (χ1v) is 5.37. The second kappa shape index (κ2) is 4.39. The van der Waals surface area contributed by atoms with Crippen molar-refractivity contribution in [2.24, 2.45) is 5.90 Å². The first-order chi connectivity index (χ1) is 7.24. The van der Waals surface area contributed by atoms with E-state index in [1.54, 1.807) is 0 Å². The van der Waals surface area contributed by atoms with E-state index in [0.717, 1.165) is 30.8 Å². The van der Waals surface area contributed by atoms with Gasteiger partial charge in [0.25, 0.3) is 0 Å². The van der Waals surface area contributed by atoms with E-state index in [0.29, 0.717) is 11.6 Å². The highest BCUT2D eigenvalue weighted by atomic mass is 35.5. The van der Waals surface area contributed by atoms with Gasteiger partial charge in [0, 0.05) is 0 Å². The van der Waals surface area contributed by atoms with E-state index in [1.807, 2.05) is 6.07 Å². The van der Waals surface area contributed by atoms with Gasteiger partial charge in [0.2, 0.25) is 0 Å². The summed E-state index contributed by atoms with van der Waals surface area (Å²) in [6, 6.07) is 1.87. The number of benzene rings is 1. The van der Waals surface area contributed by atoms with Crippen molar-refractivity contribution < 1.29 is 9.57 Å². The van der Waals surface area contributed by atoms with Crippen molar-refractivity contribution in [3.05, 3.63) is 27.8 Å². The lowest BCUT2D eigenvalue weighted by atomic mass is 9.96. The van der Waals surface area contributed by atoms with Gasteiger partial charge in [-0.25, -0.2) is 5.90 Å². The molecule has 0 saturated heterocycles. The highest BCUT2D eigenvalue weighted by molar-refractivity contribution is 6.32.